The summed E-state index contributed by atoms with van der Waals surface area (Å²) in [6, 6.07) is 0.391. The first-order valence-corrected chi connectivity index (χ1v) is 13.5. The van der Waals surface area contributed by atoms with Crippen LogP contribution in [0.3, 0.4) is 0 Å². The van der Waals surface area contributed by atoms with Crippen LogP contribution in [0.2, 0.25) is 0 Å². The van der Waals surface area contributed by atoms with Crippen LogP contribution >= 0.6 is 0 Å². The Morgan fingerprint density at radius 1 is 1.05 bits per heavy atom. The van der Waals surface area contributed by atoms with Gasteiger partial charge in [0.1, 0.15) is 11.9 Å². The van der Waals surface area contributed by atoms with Crippen molar-refractivity contribution in [2.24, 2.45) is 17.9 Å². The Bertz CT molecular complexity index is 1240. The van der Waals surface area contributed by atoms with E-state index in [1.165, 1.54) is 4.68 Å². The van der Waals surface area contributed by atoms with E-state index in [1.807, 2.05) is 14.5 Å². The highest BCUT2D eigenvalue weighted by molar-refractivity contribution is 5.76. The van der Waals surface area contributed by atoms with Crippen molar-refractivity contribution in [1.82, 2.24) is 39.2 Å². The summed E-state index contributed by atoms with van der Waals surface area (Å²) >= 11 is 0. The normalized spacial score (nSPS) is 25.8. The van der Waals surface area contributed by atoms with Gasteiger partial charge in [0.25, 0.3) is 0 Å². The monoisotopic (exact) mass is 534 g/mol. The fourth-order valence-electron chi connectivity index (χ4n) is 6.99. The Morgan fingerprint density at radius 3 is 2.29 bits per heavy atom. The second-order valence-corrected chi connectivity index (χ2v) is 12.5. The van der Waals surface area contributed by atoms with Crippen LogP contribution in [0, 0.1) is 10.8 Å². The maximum Gasteiger partial charge on any atom is 0.419 e. The van der Waals surface area contributed by atoms with Gasteiger partial charge >= 0.3 is 12.2 Å². The average molecular weight is 535 g/mol. The van der Waals surface area contributed by atoms with Gasteiger partial charge in [0.15, 0.2) is 5.82 Å². The van der Waals surface area contributed by atoms with Crippen molar-refractivity contribution in [2.45, 2.75) is 62.9 Å². The molecule has 2 aromatic heterocycles. The molecule has 5 fully saturated rings. The van der Waals surface area contributed by atoms with Crippen molar-refractivity contribution in [3.63, 3.8) is 0 Å². The fourth-order valence-corrected chi connectivity index (χ4v) is 6.99. The number of aromatic nitrogens is 5. The van der Waals surface area contributed by atoms with Gasteiger partial charge < -0.3 is 14.9 Å². The molecule has 13 heteroatoms. The second kappa shape index (κ2) is 7.93. The SMILES string of the molecule is Cn1ncc(C(F)(F)F)c1CN1CCC2(CC1)CN(C(=O)N1CC3(CC(n4cnc(C5(O)CC5)n4)C3)C1)C2. The predicted molar refractivity (Wildman–Crippen MR) is 128 cm³/mol. The highest BCUT2D eigenvalue weighted by atomic mass is 19.4. The zero-order valence-corrected chi connectivity index (χ0v) is 21.5. The topological polar surface area (TPSA) is 95.6 Å². The Hall–Kier alpha value is -2.67. The highest BCUT2D eigenvalue weighted by Gasteiger charge is 2.57. The maximum atomic E-state index is 13.3. The van der Waals surface area contributed by atoms with Crippen molar-refractivity contribution >= 4 is 6.03 Å². The van der Waals surface area contributed by atoms with Crippen molar-refractivity contribution in [3.8, 4) is 0 Å². The summed E-state index contributed by atoms with van der Waals surface area (Å²) in [5, 5.41) is 18.5. The lowest BCUT2D eigenvalue weighted by atomic mass is 9.60. The van der Waals surface area contributed by atoms with Crippen molar-refractivity contribution in [3.05, 3.63) is 29.6 Å². The van der Waals surface area contributed by atoms with E-state index in [1.54, 1.807) is 13.4 Å². The molecule has 2 amide bonds. The van der Waals surface area contributed by atoms with E-state index >= 15 is 0 Å². The van der Waals surface area contributed by atoms with Gasteiger partial charge in [-0.2, -0.15) is 23.4 Å². The first-order chi connectivity index (χ1) is 18.0. The molecule has 2 aliphatic carbocycles. The Labute approximate surface area is 218 Å². The largest absolute Gasteiger partial charge is 0.419 e. The van der Waals surface area contributed by atoms with E-state index in [2.05, 4.69) is 20.1 Å². The number of carbonyl (C=O) groups excluding carboxylic acids is 1. The molecule has 10 nitrogen and oxygen atoms in total. The number of alkyl halides is 3. The Balaban J connectivity index is 0.861. The Kier molecular flexibility index (Phi) is 5.09. The first kappa shape index (κ1) is 24.4. The summed E-state index contributed by atoms with van der Waals surface area (Å²) in [5.74, 6) is 0.532. The van der Waals surface area contributed by atoms with Crippen molar-refractivity contribution < 1.29 is 23.1 Å². The number of nitrogens with zero attached hydrogens (tertiary/aromatic N) is 8. The molecule has 38 heavy (non-hydrogen) atoms. The molecule has 0 unspecified atom stereocenters. The fraction of sp³-hybridized carbons (Fsp3) is 0.760. The van der Waals surface area contributed by atoms with E-state index in [0.717, 1.165) is 84.0 Å². The molecule has 5 aliphatic rings. The Morgan fingerprint density at radius 2 is 1.68 bits per heavy atom. The van der Waals surface area contributed by atoms with E-state index in [0.29, 0.717) is 5.82 Å². The summed E-state index contributed by atoms with van der Waals surface area (Å²) in [4.78, 5) is 23.3. The predicted octanol–water partition coefficient (Wildman–Crippen LogP) is 2.37. The molecule has 2 saturated carbocycles. The van der Waals surface area contributed by atoms with Crippen LogP contribution in [0.5, 0.6) is 0 Å². The van der Waals surface area contributed by atoms with Gasteiger partial charge in [0, 0.05) is 50.6 Å². The quantitative estimate of drug-likeness (QED) is 0.647. The molecule has 7 rings (SSSR count). The second-order valence-electron chi connectivity index (χ2n) is 12.5. The zero-order chi connectivity index (χ0) is 26.5. The highest BCUT2D eigenvalue weighted by Crippen LogP contribution is 2.55. The average Bonchev–Trinajstić information content (AvgIpc) is 3.18. The molecule has 0 atom stereocenters. The number of carbonyl (C=O) groups is 1. The number of aryl methyl sites for hydroxylation is 1. The molecule has 5 heterocycles. The minimum Gasteiger partial charge on any atom is -0.382 e. The number of halogens is 3. The molecule has 3 aliphatic heterocycles. The van der Waals surface area contributed by atoms with Gasteiger partial charge in [0.2, 0.25) is 0 Å². The molecule has 3 saturated heterocycles. The summed E-state index contributed by atoms with van der Waals surface area (Å²) in [7, 11) is 1.56. The number of hydrogen-bond donors (Lipinski definition) is 1. The van der Waals surface area contributed by atoms with Gasteiger partial charge in [-0.25, -0.2) is 14.5 Å². The smallest absolute Gasteiger partial charge is 0.382 e. The van der Waals surface area contributed by atoms with Crippen LogP contribution in [-0.4, -0.2) is 89.7 Å². The molecular weight excluding hydrogens is 501 g/mol. The number of piperidine rings is 1. The van der Waals surface area contributed by atoms with Gasteiger partial charge in [-0.1, -0.05) is 0 Å². The number of amides is 2. The van der Waals surface area contributed by atoms with Crippen LogP contribution in [0.25, 0.3) is 0 Å². The molecular formula is C25H33F3N8O2. The lowest BCUT2D eigenvalue weighted by molar-refractivity contribution is -0.138. The lowest BCUT2D eigenvalue weighted by Gasteiger charge is -2.61. The van der Waals surface area contributed by atoms with Crippen molar-refractivity contribution in [1.29, 1.82) is 0 Å². The van der Waals surface area contributed by atoms with Gasteiger partial charge in [-0.3, -0.25) is 9.58 Å². The molecule has 2 spiro atoms. The third-order valence-corrected chi connectivity index (χ3v) is 9.66. The van der Waals surface area contributed by atoms with Crippen molar-refractivity contribution in [2.75, 3.05) is 39.3 Å². The molecule has 0 aromatic carbocycles. The molecule has 0 bridgehead atoms. The minimum absolute atomic E-state index is 0.0893. The third kappa shape index (κ3) is 3.92. The number of likely N-dealkylation sites (tertiary alicyclic amines) is 3. The number of aliphatic hydroxyl groups is 1. The van der Waals surface area contributed by atoms with Gasteiger partial charge in [-0.15, -0.1) is 0 Å². The van der Waals surface area contributed by atoms with E-state index < -0.39 is 17.3 Å². The third-order valence-electron chi connectivity index (χ3n) is 9.66. The van der Waals surface area contributed by atoms with Crippen LogP contribution in [-0.2, 0) is 25.4 Å². The van der Waals surface area contributed by atoms with Gasteiger partial charge in [0.05, 0.1) is 23.5 Å². The maximum absolute atomic E-state index is 13.3. The molecule has 0 radical (unpaired) electrons. The van der Waals surface area contributed by atoms with E-state index in [9.17, 15) is 23.1 Å². The summed E-state index contributed by atoms with van der Waals surface area (Å²) in [6.07, 6.45) is 3.42. The number of urea groups is 1. The summed E-state index contributed by atoms with van der Waals surface area (Å²) in [6.45, 7) is 4.69. The van der Waals surface area contributed by atoms with E-state index in [4.69, 9.17) is 0 Å². The summed E-state index contributed by atoms with van der Waals surface area (Å²) < 4.78 is 43.1. The molecule has 1 N–H and O–H groups in total. The first-order valence-electron chi connectivity index (χ1n) is 13.5. The minimum atomic E-state index is -4.40. The van der Waals surface area contributed by atoms with Crippen LogP contribution in [0.15, 0.2) is 12.5 Å². The lowest BCUT2D eigenvalue weighted by Crippen LogP contribution is -2.70. The molecule has 2 aromatic rings. The van der Waals surface area contributed by atoms with Crippen LogP contribution in [0.4, 0.5) is 18.0 Å². The molecule has 206 valence electrons. The zero-order valence-electron chi connectivity index (χ0n) is 21.5. The van der Waals surface area contributed by atoms with Crippen LogP contribution in [0.1, 0.15) is 61.6 Å². The van der Waals surface area contributed by atoms with Gasteiger partial charge in [-0.05, 0) is 51.6 Å². The number of hydrogen-bond acceptors (Lipinski definition) is 6. The van der Waals surface area contributed by atoms with E-state index in [-0.39, 0.29) is 35.1 Å². The standard InChI is InChI=1S/C25H33F3N8O2/c1-32-19(18(10-30-32)25(26,27)28)11-33-6-4-22(5-7-33)12-34(13-22)21(37)35-14-23(15-35)8-17(9-23)36-16-29-20(31-36)24(38)2-3-24/h10,16-17,38H,2-9,11-15H2,1H3. The van der Waals surface area contributed by atoms with Crippen LogP contribution < -0.4 is 0 Å². The number of rotatable bonds is 4. The summed E-state index contributed by atoms with van der Waals surface area (Å²) in [5.41, 5.74) is -1.00.